The average Bonchev–Trinajstić information content (AvgIpc) is 3.20. The zero-order valence-electron chi connectivity index (χ0n) is 20.8. The molecular weight excluding hydrogens is 424 g/mol. The molecule has 0 saturated carbocycles. The molecule has 4 heterocycles. The Bertz CT molecular complexity index is 1120. The van der Waals surface area contributed by atoms with Gasteiger partial charge in [0.1, 0.15) is 11.5 Å². The molecule has 1 aliphatic heterocycles. The fourth-order valence-electron chi connectivity index (χ4n) is 5.69. The molecule has 7 nitrogen and oxygen atoms in total. The van der Waals surface area contributed by atoms with Gasteiger partial charge in [-0.05, 0) is 63.9 Å². The fraction of sp³-hybridized carbons (Fsp3) is 0.556. The maximum absolute atomic E-state index is 10.00. The zero-order valence-corrected chi connectivity index (χ0v) is 20.8. The van der Waals surface area contributed by atoms with Gasteiger partial charge in [-0.1, -0.05) is 12.1 Å². The number of pyridine rings is 2. The van der Waals surface area contributed by atoms with E-state index in [0.717, 1.165) is 62.6 Å². The van der Waals surface area contributed by atoms with Crippen molar-refractivity contribution in [2.75, 3.05) is 44.7 Å². The van der Waals surface area contributed by atoms with Crippen LogP contribution in [0.3, 0.4) is 0 Å². The van der Waals surface area contributed by atoms with Gasteiger partial charge < -0.3 is 14.9 Å². The first-order valence-electron chi connectivity index (χ1n) is 12.8. The second-order valence-corrected chi connectivity index (χ2v) is 10.1. The molecule has 1 fully saturated rings. The number of aliphatic hydroxyl groups excluding tert-OH is 1. The number of hydrogen-bond donors (Lipinski definition) is 1. The van der Waals surface area contributed by atoms with E-state index in [2.05, 4.69) is 70.3 Å². The highest BCUT2D eigenvalue weighted by atomic mass is 16.3. The number of rotatable bonds is 7. The van der Waals surface area contributed by atoms with E-state index >= 15 is 0 Å². The number of aliphatic hydroxyl groups is 1. The molecule has 1 atom stereocenters. The quantitative estimate of drug-likeness (QED) is 0.581. The number of hydrogen-bond acceptors (Lipinski definition) is 6. The highest BCUT2D eigenvalue weighted by molar-refractivity contribution is 5.55. The predicted octanol–water partition coefficient (Wildman–Crippen LogP) is 3.30. The SMILES string of the molecule is CC(C)N(Cc1nc2cccc(N3CCN(C)CC3)n2c1CCO)[C@H]1CCCc2cccnc21. The first-order chi connectivity index (χ1) is 16.6. The zero-order chi connectivity index (χ0) is 23.7. The van der Waals surface area contributed by atoms with Crippen molar-refractivity contribution in [3.05, 3.63) is 59.2 Å². The summed E-state index contributed by atoms with van der Waals surface area (Å²) in [5.41, 5.74) is 5.79. The summed E-state index contributed by atoms with van der Waals surface area (Å²) in [4.78, 5) is 17.3. The summed E-state index contributed by atoms with van der Waals surface area (Å²) in [6, 6.07) is 11.4. The van der Waals surface area contributed by atoms with Gasteiger partial charge >= 0.3 is 0 Å². The normalized spacial score (nSPS) is 19.4. The number of fused-ring (bicyclic) bond motifs is 2. The van der Waals surface area contributed by atoms with Gasteiger partial charge in [-0.15, -0.1) is 0 Å². The van der Waals surface area contributed by atoms with Crippen molar-refractivity contribution in [1.82, 2.24) is 24.2 Å². The van der Waals surface area contributed by atoms with Gasteiger partial charge in [0.2, 0.25) is 0 Å². The average molecular weight is 463 g/mol. The van der Waals surface area contributed by atoms with Gasteiger partial charge in [-0.2, -0.15) is 0 Å². The topological polar surface area (TPSA) is 60.1 Å². The standard InChI is InChI=1S/C27H38N6O/c1-20(2)32(24-9-4-7-21-8-6-13-28-27(21)24)19-22-23(12-18-34)33-25(29-22)10-5-11-26(33)31-16-14-30(3)15-17-31/h5-6,8,10-11,13,20,24,34H,4,7,9,12,14-19H2,1-3H3/t24-/m0/s1. The summed E-state index contributed by atoms with van der Waals surface area (Å²) in [7, 11) is 2.18. The number of nitrogens with zero attached hydrogens (tertiary/aromatic N) is 6. The fourth-order valence-corrected chi connectivity index (χ4v) is 5.69. The molecule has 0 spiro atoms. The third-order valence-corrected chi connectivity index (χ3v) is 7.54. The lowest BCUT2D eigenvalue weighted by atomic mass is 9.90. The minimum Gasteiger partial charge on any atom is -0.396 e. The molecular formula is C27H38N6O. The van der Waals surface area contributed by atoms with Crippen LogP contribution in [0.4, 0.5) is 5.82 Å². The number of aromatic nitrogens is 3. The van der Waals surface area contributed by atoms with E-state index in [-0.39, 0.29) is 6.61 Å². The largest absolute Gasteiger partial charge is 0.396 e. The molecule has 182 valence electrons. The Morgan fingerprint density at radius 2 is 1.94 bits per heavy atom. The molecule has 3 aromatic heterocycles. The van der Waals surface area contributed by atoms with Gasteiger partial charge in [0.05, 0.1) is 23.1 Å². The van der Waals surface area contributed by atoms with Crippen molar-refractivity contribution in [1.29, 1.82) is 0 Å². The van der Waals surface area contributed by atoms with Crippen LogP contribution in [-0.2, 0) is 19.4 Å². The Kier molecular flexibility index (Phi) is 6.86. The minimum atomic E-state index is 0.118. The van der Waals surface area contributed by atoms with E-state index in [1.165, 1.54) is 23.5 Å². The summed E-state index contributed by atoms with van der Waals surface area (Å²) in [5.74, 6) is 1.19. The molecule has 0 aromatic carbocycles. The first kappa shape index (κ1) is 23.3. The highest BCUT2D eigenvalue weighted by Crippen LogP contribution is 2.35. The van der Waals surface area contributed by atoms with Crippen molar-refractivity contribution in [3.63, 3.8) is 0 Å². The van der Waals surface area contributed by atoms with Gasteiger partial charge in [0.25, 0.3) is 0 Å². The van der Waals surface area contributed by atoms with Crippen LogP contribution in [0.1, 0.15) is 55.4 Å². The lowest BCUT2D eigenvalue weighted by molar-refractivity contribution is 0.124. The predicted molar refractivity (Wildman–Crippen MR) is 136 cm³/mol. The monoisotopic (exact) mass is 462 g/mol. The number of piperazine rings is 1. The van der Waals surface area contributed by atoms with Gasteiger partial charge in [-0.25, -0.2) is 4.98 Å². The molecule has 0 radical (unpaired) electrons. The Morgan fingerprint density at radius 1 is 1.12 bits per heavy atom. The van der Waals surface area contributed by atoms with E-state index in [9.17, 15) is 5.11 Å². The number of anilines is 1. The van der Waals surface area contributed by atoms with E-state index in [0.29, 0.717) is 18.5 Å². The van der Waals surface area contributed by atoms with Gasteiger partial charge in [0.15, 0.2) is 0 Å². The Balaban J connectivity index is 1.53. The summed E-state index contributed by atoms with van der Waals surface area (Å²) in [5, 5.41) is 10.00. The molecule has 0 bridgehead atoms. The third-order valence-electron chi connectivity index (χ3n) is 7.54. The Labute approximate surface area is 203 Å². The second-order valence-electron chi connectivity index (χ2n) is 10.1. The molecule has 0 unspecified atom stereocenters. The summed E-state index contributed by atoms with van der Waals surface area (Å²) >= 11 is 0. The van der Waals surface area contributed by atoms with Crippen molar-refractivity contribution in [2.45, 2.75) is 58.2 Å². The molecule has 2 aliphatic rings. The van der Waals surface area contributed by atoms with Crippen molar-refractivity contribution in [2.24, 2.45) is 0 Å². The van der Waals surface area contributed by atoms with Crippen LogP contribution in [-0.4, -0.2) is 75.2 Å². The minimum absolute atomic E-state index is 0.118. The summed E-state index contributed by atoms with van der Waals surface area (Å²) < 4.78 is 2.29. The van der Waals surface area contributed by atoms with Gasteiger partial charge in [0, 0.05) is 58.0 Å². The molecule has 34 heavy (non-hydrogen) atoms. The van der Waals surface area contributed by atoms with Crippen LogP contribution in [0.15, 0.2) is 36.5 Å². The Morgan fingerprint density at radius 3 is 2.71 bits per heavy atom. The molecule has 1 aliphatic carbocycles. The highest BCUT2D eigenvalue weighted by Gasteiger charge is 2.30. The molecule has 1 saturated heterocycles. The van der Waals surface area contributed by atoms with Crippen LogP contribution >= 0.6 is 0 Å². The van der Waals surface area contributed by atoms with E-state index in [1.807, 2.05) is 6.20 Å². The third kappa shape index (κ3) is 4.44. The smallest absolute Gasteiger partial charge is 0.138 e. The number of aryl methyl sites for hydroxylation is 1. The number of likely N-dealkylation sites (N-methyl/N-ethyl adjacent to an activating group) is 1. The van der Waals surface area contributed by atoms with E-state index in [1.54, 1.807) is 0 Å². The number of imidazole rings is 1. The van der Waals surface area contributed by atoms with Gasteiger partial charge in [-0.3, -0.25) is 14.3 Å². The molecule has 7 heteroatoms. The van der Waals surface area contributed by atoms with Crippen LogP contribution in [0, 0.1) is 0 Å². The van der Waals surface area contributed by atoms with Crippen LogP contribution in [0.5, 0.6) is 0 Å². The lowest BCUT2D eigenvalue weighted by Gasteiger charge is -2.37. The molecule has 5 rings (SSSR count). The molecule has 1 N–H and O–H groups in total. The van der Waals surface area contributed by atoms with Crippen LogP contribution in [0.25, 0.3) is 5.65 Å². The maximum atomic E-state index is 10.00. The second kappa shape index (κ2) is 10.0. The first-order valence-corrected chi connectivity index (χ1v) is 12.8. The summed E-state index contributed by atoms with van der Waals surface area (Å²) in [6.07, 6.45) is 5.96. The van der Waals surface area contributed by atoms with Crippen LogP contribution < -0.4 is 4.90 Å². The molecule has 0 amide bonds. The lowest BCUT2D eigenvalue weighted by Crippen LogP contribution is -2.45. The maximum Gasteiger partial charge on any atom is 0.138 e. The summed E-state index contributed by atoms with van der Waals surface area (Å²) in [6.45, 7) is 9.55. The van der Waals surface area contributed by atoms with E-state index in [4.69, 9.17) is 9.97 Å². The molecule has 3 aromatic rings. The Hall–Kier alpha value is -2.48. The van der Waals surface area contributed by atoms with Crippen molar-refractivity contribution < 1.29 is 5.11 Å². The van der Waals surface area contributed by atoms with Crippen LogP contribution in [0.2, 0.25) is 0 Å². The van der Waals surface area contributed by atoms with E-state index < -0.39 is 0 Å². The van der Waals surface area contributed by atoms with Crippen molar-refractivity contribution >= 4 is 11.5 Å². The van der Waals surface area contributed by atoms with Crippen molar-refractivity contribution in [3.8, 4) is 0 Å².